The number of rotatable bonds is 4. The highest BCUT2D eigenvalue weighted by Crippen LogP contribution is 2.31. The normalized spacial score (nSPS) is 14.6. The molecule has 30 heavy (non-hydrogen) atoms. The molecule has 0 aromatic heterocycles. The predicted molar refractivity (Wildman–Crippen MR) is 126 cm³/mol. The molecule has 0 unspecified atom stereocenters. The maximum atomic E-state index is 12.9. The number of nitrogens with two attached hydrogens (primary N) is 1. The number of halogens is 1. The van der Waals surface area contributed by atoms with Gasteiger partial charge in [0.2, 0.25) is 0 Å². The zero-order chi connectivity index (χ0) is 20.4. The van der Waals surface area contributed by atoms with Gasteiger partial charge in [-0.25, -0.2) is 0 Å². The molecule has 0 aliphatic carbocycles. The van der Waals surface area contributed by atoms with Crippen LogP contribution in [0.25, 0.3) is 21.9 Å². The molecule has 0 radical (unpaired) electrons. The molecule has 5 heteroatoms. The number of amides is 1. The van der Waals surface area contributed by atoms with Gasteiger partial charge in [0.15, 0.2) is 0 Å². The number of carbonyl (C=O) groups is 1. The lowest BCUT2D eigenvalue weighted by Crippen LogP contribution is -2.42. The Morgan fingerprint density at radius 1 is 1.03 bits per heavy atom. The summed E-state index contributed by atoms with van der Waals surface area (Å²) in [7, 11) is 0. The second-order valence-electron chi connectivity index (χ2n) is 8.06. The first-order chi connectivity index (χ1) is 14.0. The minimum absolute atomic E-state index is 0. The van der Waals surface area contributed by atoms with E-state index in [0.29, 0.717) is 0 Å². The van der Waals surface area contributed by atoms with Crippen LogP contribution in [0.4, 0.5) is 0 Å². The van der Waals surface area contributed by atoms with Crippen molar-refractivity contribution in [2.24, 2.45) is 5.73 Å². The first kappa shape index (κ1) is 22.1. The van der Waals surface area contributed by atoms with Gasteiger partial charge in [-0.05, 0) is 72.9 Å². The molecule has 0 saturated carbocycles. The van der Waals surface area contributed by atoms with Crippen LogP contribution in [0.2, 0.25) is 0 Å². The molecule has 0 atom stereocenters. The highest BCUT2D eigenvalue weighted by Gasteiger charge is 2.22. The van der Waals surface area contributed by atoms with Crippen molar-refractivity contribution in [1.29, 1.82) is 0 Å². The number of hydrogen-bond donors (Lipinski definition) is 1. The summed E-state index contributed by atoms with van der Waals surface area (Å²) in [5.74, 6) is 0.970. The maximum absolute atomic E-state index is 12.9. The van der Waals surface area contributed by atoms with E-state index in [9.17, 15) is 4.79 Å². The van der Waals surface area contributed by atoms with Crippen LogP contribution in [0.3, 0.4) is 0 Å². The third kappa shape index (κ3) is 4.77. The SMILES string of the molecule is CC(C)Oc1ccc(-c2cccc3cc(C(=O)N4CCC(N)CC4)ccc23)cc1.Cl. The van der Waals surface area contributed by atoms with Crippen LogP contribution < -0.4 is 10.5 Å². The Bertz CT molecular complexity index is 1010. The number of nitrogens with zero attached hydrogens (tertiary/aromatic N) is 1. The van der Waals surface area contributed by atoms with Crippen molar-refractivity contribution in [3.8, 4) is 16.9 Å². The van der Waals surface area contributed by atoms with E-state index in [1.807, 2.05) is 49.1 Å². The fraction of sp³-hybridized carbons (Fsp3) is 0.320. The summed E-state index contributed by atoms with van der Waals surface area (Å²) in [6.45, 7) is 5.53. The monoisotopic (exact) mass is 424 g/mol. The highest BCUT2D eigenvalue weighted by atomic mass is 35.5. The Labute approximate surface area is 184 Å². The lowest BCUT2D eigenvalue weighted by Gasteiger charge is -2.30. The van der Waals surface area contributed by atoms with Gasteiger partial charge in [0.1, 0.15) is 5.75 Å². The Morgan fingerprint density at radius 2 is 1.73 bits per heavy atom. The van der Waals surface area contributed by atoms with Gasteiger partial charge in [0, 0.05) is 24.7 Å². The average molecular weight is 425 g/mol. The van der Waals surface area contributed by atoms with Crippen LogP contribution in [-0.2, 0) is 0 Å². The first-order valence-electron chi connectivity index (χ1n) is 10.4. The molecule has 0 spiro atoms. The van der Waals surface area contributed by atoms with Crippen LogP contribution in [-0.4, -0.2) is 36.0 Å². The largest absolute Gasteiger partial charge is 0.491 e. The number of hydrogen-bond acceptors (Lipinski definition) is 3. The van der Waals surface area contributed by atoms with Crippen LogP contribution in [0, 0.1) is 0 Å². The number of piperidine rings is 1. The summed E-state index contributed by atoms with van der Waals surface area (Å²) < 4.78 is 5.75. The van der Waals surface area contributed by atoms with Gasteiger partial charge in [-0.15, -0.1) is 12.4 Å². The van der Waals surface area contributed by atoms with Gasteiger partial charge in [-0.3, -0.25) is 4.79 Å². The molecule has 3 aromatic rings. The Morgan fingerprint density at radius 3 is 2.40 bits per heavy atom. The first-order valence-corrected chi connectivity index (χ1v) is 10.4. The van der Waals surface area contributed by atoms with E-state index in [1.54, 1.807) is 0 Å². The number of fused-ring (bicyclic) bond motifs is 1. The molecule has 1 saturated heterocycles. The molecule has 1 amide bonds. The van der Waals surface area contributed by atoms with E-state index in [4.69, 9.17) is 10.5 Å². The van der Waals surface area contributed by atoms with Crippen molar-refractivity contribution < 1.29 is 9.53 Å². The lowest BCUT2D eigenvalue weighted by molar-refractivity contribution is 0.0715. The zero-order valence-electron chi connectivity index (χ0n) is 17.5. The molecule has 4 nitrogen and oxygen atoms in total. The Balaban J connectivity index is 0.00000256. The molecule has 4 rings (SSSR count). The fourth-order valence-corrected chi connectivity index (χ4v) is 3.94. The number of ether oxygens (including phenoxy) is 1. The lowest BCUT2D eigenvalue weighted by atomic mass is 9.96. The minimum atomic E-state index is 0. The molecule has 0 bridgehead atoms. The van der Waals surface area contributed by atoms with E-state index in [-0.39, 0.29) is 30.5 Å². The molecular formula is C25H29ClN2O2. The molecule has 1 aliphatic heterocycles. The zero-order valence-corrected chi connectivity index (χ0v) is 18.3. The summed E-state index contributed by atoms with van der Waals surface area (Å²) in [4.78, 5) is 14.8. The second kappa shape index (κ2) is 9.50. The minimum Gasteiger partial charge on any atom is -0.491 e. The van der Waals surface area contributed by atoms with E-state index < -0.39 is 0 Å². The summed E-state index contributed by atoms with van der Waals surface area (Å²) in [5.41, 5.74) is 9.00. The molecular weight excluding hydrogens is 396 g/mol. The van der Waals surface area contributed by atoms with Crippen molar-refractivity contribution in [2.45, 2.75) is 38.8 Å². The summed E-state index contributed by atoms with van der Waals surface area (Å²) in [6.07, 6.45) is 1.91. The van der Waals surface area contributed by atoms with Gasteiger partial charge < -0.3 is 15.4 Å². The van der Waals surface area contributed by atoms with Crippen molar-refractivity contribution in [3.05, 3.63) is 66.2 Å². The predicted octanol–water partition coefficient (Wildman–Crippen LogP) is 5.28. The van der Waals surface area contributed by atoms with Crippen molar-refractivity contribution in [3.63, 3.8) is 0 Å². The summed E-state index contributed by atoms with van der Waals surface area (Å²) in [6, 6.07) is 20.6. The van der Waals surface area contributed by atoms with Gasteiger partial charge in [0.25, 0.3) is 5.91 Å². The van der Waals surface area contributed by atoms with Crippen molar-refractivity contribution in [2.75, 3.05) is 13.1 Å². The molecule has 1 fully saturated rings. The maximum Gasteiger partial charge on any atom is 0.253 e. The Hall–Kier alpha value is -2.56. The van der Waals surface area contributed by atoms with E-state index in [1.165, 1.54) is 0 Å². The third-order valence-electron chi connectivity index (χ3n) is 5.49. The number of carbonyl (C=O) groups excluding carboxylic acids is 1. The topological polar surface area (TPSA) is 55.6 Å². The quantitative estimate of drug-likeness (QED) is 0.619. The average Bonchev–Trinajstić information content (AvgIpc) is 2.73. The molecule has 158 valence electrons. The van der Waals surface area contributed by atoms with E-state index >= 15 is 0 Å². The molecule has 1 heterocycles. The van der Waals surface area contributed by atoms with E-state index in [0.717, 1.165) is 59.1 Å². The fourth-order valence-electron chi connectivity index (χ4n) is 3.94. The van der Waals surface area contributed by atoms with Crippen LogP contribution in [0.15, 0.2) is 60.7 Å². The van der Waals surface area contributed by atoms with Gasteiger partial charge >= 0.3 is 0 Å². The highest BCUT2D eigenvalue weighted by molar-refractivity contribution is 6.02. The van der Waals surface area contributed by atoms with Crippen LogP contribution in [0.5, 0.6) is 5.75 Å². The number of likely N-dealkylation sites (tertiary alicyclic amines) is 1. The molecule has 2 N–H and O–H groups in total. The van der Waals surface area contributed by atoms with Crippen LogP contribution in [0.1, 0.15) is 37.0 Å². The number of benzene rings is 3. The molecule has 1 aliphatic rings. The van der Waals surface area contributed by atoms with Gasteiger partial charge in [-0.2, -0.15) is 0 Å². The Kier molecular flexibility index (Phi) is 7.01. The molecule has 3 aromatic carbocycles. The van der Waals surface area contributed by atoms with Crippen molar-refractivity contribution >= 4 is 29.1 Å². The van der Waals surface area contributed by atoms with E-state index in [2.05, 4.69) is 30.3 Å². The van der Waals surface area contributed by atoms with Crippen LogP contribution >= 0.6 is 12.4 Å². The summed E-state index contributed by atoms with van der Waals surface area (Å²) >= 11 is 0. The van der Waals surface area contributed by atoms with Gasteiger partial charge in [0.05, 0.1) is 6.10 Å². The standard InChI is InChI=1S/C25H28N2O2.ClH/c1-17(2)29-22-9-6-18(7-10-22)23-5-3-4-19-16-20(8-11-24(19)23)25(28)27-14-12-21(26)13-15-27;/h3-11,16-17,21H,12-15,26H2,1-2H3;1H. The second-order valence-corrected chi connectivity index (χ2v) is 8.06. The van der Waals surface area contributed by atoms with Gasteiger partial charge in [-0.1, -0.05) is 36.4 Å². The summed E-state index contributed by atoms with van der Waals surface area (Å²) in [5, 5.41) is 2.21. The third-order valence-corrected chi connectivity index (χ3v) is 5.49. The smallest absolute Gasteiger partial charge is 0.253 e. The van der Waals surface area contributed by atoms with Crippen molar-refractivity contribution in [1.82, 2.24) is 4.90 Å².